The van der Waals surface area contributed by atoms with Crippen LogP contribution in [0.3, 0.4) is 0 Å². The molecule has 0 aliphatic carbocycles. The number of halogens is 2. The maximum atomic E-state index is 12.5. The lowest BCUT2D eigenvalue weighted by Crippen LogP contribution is -2.42. The van der Waals surface area contributed by atoms with Crippen LogP contribution in [0.4, 0.5) is 0 Å². The Morgan fingerprint density at radius 2 is 2.11 bits per heavy atom. The Kier molecular flexibility index (Phi) is 4.66. The van der Waals surface area contributed by atoms with Crippen molar-refractivity contribution in [3.63, 3.8) is 0 Å². The van der Waals surface area contributed by atoms with Crippen molar-refractivity contribution in [2.24, 2.45) is 0 Å². The number of carbonyl (C=O) groups excluding carboxylic acids is 1. The average Bonchev–Trinajstić information content (AvgIpc) is 2.52. The second kappa shape index (κ2) is 6.07. The topological polar surface area (TPSA) is 36.4 Å². The molecule has 2 rings (SSSR count). The second-order valence-electron chi connectivity index (χ2n) is 4.93. The molecule has 0 N–H and O–H groups in total. The van der Waals surface area contributed by atoms with E-state index in [1.807, 2.05) is 11.8 Å². The van der Waals surface area contributed by atoms with E-state index in [4.69, 9.17) is 23.2 Å². The molecule has 6 heteroatoms. The van der Waals surface area contributed by atoms with Gasteiger partial charge in [0.2, 0.25) is 0 Å². The molecule has 1 atom stereocenters. The number of nitrogens with zero attached hydrogens (tertiary/aromatic N) is 3. The fourth-order valence-electron chi connectivity index (χ4n) is 2.38. The van der Waals surface area contributed by atoms with Gasteiger partial charge >= 0.3 is 0 Å². The van der Waals surface area contributed by atoms with Crippen LogP contribution >= 0.6 is 23.2 Å². The van der Waals surface area contributed by atoms with E-state index in [-0.39, 0.29) is 22.8 Å². The van der Waals surface area contributed by atoms with Crippen LogP contribution in [0.15, 0.2) is 12.1 Å². The third-order valence-corrected chi connectivity index (χ3v) is 3.84. The van der Waals surface area contributed by atoms with Gasteiger partial charge in [0.05, 0.1) is 5.02 Å². The molecule has 1 aliphatic rings. The van der Waals surface area contributed by atoms with Crippen molar-refractivity contribution in [2.75, 3.05) is 26.7 Å². The monoisotopic (exact) mass is 301 g/mol. The van der Waals surface area contributed by atoms with E-state index in [9.17, 15) is 4.79 Å². The zero-order valence-electron chi connectivity index (χ0n) is 11.1. The van der Waals surface area contributed by atoms with Gasteiger partial charge in [-0.2, -0.15) is 0 Å². The predicted molar refractivity (Wildman–Crippen MR) is 76.9 cm³/mol. The highest BCUT2D eigenvalue weighted by molar-refractivity contribution is 6.34. The molecular formula is C13H17Cl2N3O. The summed E-state index contributed by atoms with van der Waals surface area (Å²) < 4.78 is 0. The molecule has 2 heterocycles. The molecule has 1 unspecified atom stereocenters. The van der Waals surface area contributed by atoms with Crippen LogP contribution in [-0.2, 0) is 0 Å². The molecule has 0 radical (unpaired) electrons. The lowest BCUT2D eigenvalue weighted by Gasteiger charge is -2.28. The van der Waals surface area contributed by atoms with Gasteiger partial charge in [0.15, 0.2) is 0 Å². The van der Waals surface area contributed by atoms with Crippen LogP contribution in [0, 0.1) is 0 Å². The van der Waals surface area contributed by atoms with Crippen molar-refractivity contribution in [2.45, 2.75) is 19.4 Å². The van der Waals surface area contributed by atoms with E-state index in [1.54, 1.807) is 12.1 Å². The molecule has 1 aromatic rings. The fourth-order valence-corrected chi connectivity index (χ4v) is 2.71. The molecular weight excluding hydrogens is 285 g/mol. The van der Waals surface area contributed by atoms with Crippen LogP contribution in [0.2, 0.25) is 10.2 Å². The predicted octanol–water partition coefficient (Wildman–Crippen LogP) is 2.55. The van der Waals surface area contributed by atoms with E-state index >= 15 is 0 Å². The Balaban J connectivity index is 2.25. The summed E-state index contributed by atoms with van der Waals surface area (Å²) in [6, 6.07) is 3.33. The first-order chi connectivity index (χ1) is 8.99. The number of rotatable bonds is 1. The summed E-state index contributed by atoms with van der Waals surface area (Å²) in [6.07, 6.45) is 0.949. The highest BCUT2D eigenvalue weighted by Crippen LogP contribution is 2.20. The normalized spacial score (nSPS) is 21.3. The zero-order chi connectivity index (χ0) is 14.0. The lowest BCUT2D eigenvalue weighted by molar-refractivity contribution is 0.0690. The molecule has 1 aliphatic heterocycles. The molecule has 1 amide bonds. The molecule has 1 aromatic heterocycles. The summed E-state index contributed by atoms with van der Waals surface area (Å²) >= 11 is 11.9. The molecule has 0 saturated carbocycles. The Hall–Kier alpha value is -0.840. The highest BCUT2D eigenvalue weighted by Gasteiger charge is 2.27. The number of aromatic nitrogens is 1. The summed E-state index contributed by atoms with van der Waals surface area (Å²) in [6.45, 7) is 4.60. The molecule has 1 saturated heterocycles. The molecule has 1 fully saturated rings. The first-order valence-electron chi connectivity index (χ1n) is 6.30. The van der Waals surface area contributed by atoms with Gasteiger partial charge in [0, 0.05) is 19.1 Å². The summed E-state index contributed by atoms with van der Waals surface area (Å²) in [5, 5.41) is 0.631. The minimum absolute atomic E-state index is 0.136. The van der Waals surface area contributed by atoms with Crippen LogP contribution < -0.4 is 0 Å². The molecule has 0 spiro atoms. The maximum Gasteiger partial charge on any atom is 0.274 e. The van der Waals surface area contributed by atoms with Gasteiger partial charge in [0.25, 0.3) is 5.91 Å². The molecule has 104 valence electrons. The van der Waals surface area contributed by atoms with Gasteiger partial charge in [-0.05, 0) is 39.1 Å². The summed E-state index contributed by atoms with van der Waals surface area (Å²) in [4.78, 5) is 20.7. The minimum Gasteiger partial charge on any atom is -0.333 e. The quantitative estimate of drug-likeness (QED) is 0.748. The standard InChI is InChI=1S/C13H17Cl2N3O/c1-9-8-17(2)6-3-7-18(9)13(19)12-10(14)4-5-11(15)16-12/h4-5,9H,3,6-8H2,1-2H3. The molecule has 19 heavy (non-hydrogen) atoms. The summed E-state index contributed by atoms with van der Waals surface area (Å²) in [5.74, 6) is -0.143. The SMILES string of the molecule is CC1CN(C)CCCN1C(=O)c1nc(Cl)ccc1Cl. The lowest BCUT2D eigenvalue weighted by atomic mass is 10.2. The van der Waals surface area contributed by atoms with Crippen molar-refractivity contribution < 1.29 is 4.79 Å². The maximum absolute atomic E-state index is 12.5. The largest absolute Gasteiger partial charge is 0.333 e. The van der Waals surface area contributed by atoms with Crippen LogP contribution in [0.5, 0.6) is 0 Å². The highest BCUT2D eigenvalue weighted by atomic mass is 35.5. The van der Waals surface area contributed by atoms with E-state index in [0.717, 1.165) is 26.1 Å². The van der Waals surface area contributed by atoms with Gasteiger partial charge in [-0.1, -0.05) is 23.2 Å². The Labute approximate surface area is 123 Å². The third-order valence-electron chi connectivity index (χ3n) is 3.32. The molecule has 0 aromatic carbocycles. The van der Waals surface area contributed by atoms with Crippen LogP contribution in [-0.4, -0.2) is 53.4 Å². The van der Waals surface area contributed by atoms with E-state index < -0.39 is 0 Å². The van der Waals surface area contributed by atoms with Crippen molar-refractivity contribution in [1.29, 1.82) is 0 Å². The van der Waals surface area contributed by atoms with Crippen molar-refractivity contribution in [1.82, 2.24) is 14.8 Å². The van der Waals surface area contributed by atoms with Gasteiger partial charge < -0.3 is 9.80 Å². The number of amides is 1. The molecule has 4 nitrogen and oxygen atoms in total. The Bertz CT molecular complexity index is 481. The smallest absolute Gasteiger partial charge is 0.274 e. The van der Waals surface area contributed by atoms with Gasteiger partial charge in [-0.15, -0.1) is 0 Å². The number of hydrogen-bond donors (Lipinski definition) is 0. The van der Waals surface area contributed by atoms with E-state index in [1.165, 1.54) is 0 Å². The first-order valence-corrected chi connectivity index (χ1v) is 7.06. The number of carbonyl (C=O) groups is 1. The van der Waals surface area contributed by atoms with Gasteiger partial charge in [-0.3, -0.25) is 4.79 Å². The average molecular weight is 302 g/mol. The Morgan fingerprint density at radius 3 is 2.84 bits per heavy atom. The van der Waals surface area contributed by atoms with E-state index in [2.05, 4.69) is 16.9 Å². The van der Waals surface area contributed by atoms with Crippen molar-refractivity contribution in [3.05, 3.63) is 28.0 Å². The fraction of sp³-hybridized carbons (Fsp3) is 0.538. The number of hydrogen-bond acceptors (Lipinski definition) is 3. The van der Waals surface area contributed by atoms with Crippen molar-refractivity contribution in [3.8, 4) is 0 Å². The minimum atomic E-state index is -0.143. The van der Waals surface area contributed by atoms with Gasteiger partial charge in [-0.25, -0.2) is 4.98 Å². The van der Waals surface area contributed by atoms with Crippen LogP contribution in [0.1, 0.15) is 23.8 Å². The molecule has 0 bridgehead atoms. The second-order valence-corrected chi connectivity index (χ2v) is 5.72. The van der Waals surface area contributed by atoms with Crippen molar-refractivity contribution >= 4 is 29.1 Å². The number of likely N-dealkylation sites (N-methyl/N-ethyl adjacent to an activating group) is 1. The Morgan fingerprint density at radius 1 is 1.37 bits per heavy atom. The van der Waals surface area contributed by atoms with Crippen LogP contribution in [0.25, 0.3) is 0 Å². The summed E-state index contributed by atoms with van der Waals surface area (Å²) in [5.41, 5.74) is 0.241. The van der Waals surface area contributed by atoms with E-state index in [0.29, 0.717) is 5.02 Å². The number of pyridine rings is 1. The first kappa shape index (κ1) is 14.6. The summed E-state index contributed by atoms with van der Waals surface area (Å²) in [7, 11) is 2.06. The zero-order valence-corrected chi connectivity index (χ0v) is 12.6. The third kappa shape index (κ3) is 3.38. The van der Waals surface area contributed by atoms with Gasteiger partial charge in [0.1, 0.15) is 10.8 Å².